The van der Waals surface area contributed by atoms with Crippen LogP contribution in [-0.4, -0.2) is 22.9 Å². The van der Waals surface area contributed by atoms with Gasteiger partial charge in [0.2, 0.25) is 6.79 Å². The van der Waals surface area contributed by atoms with Crippen LogP contribution in [0.5, 0.6) is 11.5 Å². The van der Waals surface area contributed by atoms with Crippen molar-refractivity contribution in [2.45, 2.75) is 6.54 Å². The standard InChI is InChI=1S/C19H15FN4O3/c20-13-3-1-12(2-4-13)10-21-18-8-6-15(23-24-18)19(25)22-14-5-7-16-17(9-14)27-11-26-16/h1-9H,10-11H2,(H,21,24)(H,22,25). The number of rotatable bonds is 5. The van der Waals surface area contributed by atoms with Gasteiger partial charge < -0.3 is 20.1 Å². The molecule has 0 saturated carbocycles. The number of hydrogen-bond donors (Lipinski definition) is 2. The molecule has 1 aliphatic heterocycles. The number of nitrogens with one attached hydrogen (secondary N) is 2. The van der Waals surface area contributed by atoms with Crippen molar-refractivity contribution in [2.75, 3.05) is 17.4 Å². The number of fused-ring (bicyclic) bond motifs is 1. The maximum absolute atomic E-state index is 12.9. The average molecular weight is 366 g/mol. The Hall–Kier alpha value is -3.68. The van der Waals surface area contributed by atoms with Crippen molar-refractivity contribution in [1.82, 2.24) is 10.2 Å². The lowest BCUT2D eigenvalue weighted by Crippen LogP contribution is -2.14. The highest BCUT2D eigenvalue weighted by atomic mass is 19.1. The minimum Gasteiger partial charge on any atom is -0.454 e. The fourth-order valence-corrected chi connectivity index (χ4v) is 2.51. The van der Waals surface area contributed by atoms with Crippen molar-refractivity contribution in [2.24, 2.45) is 0 Å². The predicted octanol–water partition coefficient (Wildman–Crippen LogP) is 3.21. The van der Waals surface area contributed by atoms with Gasteiger partial charge in [-0.15, -0.1) is 10.2 Å². The van der Waals surface area contributed by atoms with E-state index in [4.69, 9.17) is 9.47 Å². The van der Waals surface area contributed by atoms with Crippen molar-refractivity contribution >= 4 is 17.4 Å². The maximum Gasteiger partial charge on any atom is 0.276 e. The average Bonchev–Trinajstić information content (AvgIpc) is 3.16. The smallest absolute Gasteiger partial charge is 0.276 e. The van der Waals surface area contributed by atoms with Crippen LogP contribution in [0, 0.1) is 5.82 Å². The molecule has 2 aromatic carbocycles. The quantitative estimate of drug-likeness (QED) is 0.721. The lowest BCUT2D eigenvalue weighted by atomic mass is 10.2. The molecular formula is C19H15FN4O3. The summed E-state index contributed by atoms with van der Waals surface area (Å²) in [6.45, 7) is 0.641. The third-order valence-electron chi connectivity index (χ3n) is 3.91. The first kappa shape index (κ1) is 16.8. The van der Waals surface area contributed by atoms with Crippen LogP contribution in [0.4, 0.5) is 15.9 Å². The molecule has 136 valence electrons. The van der Waals surface area contributed by atoms with Crippen molar-refractivity contribution in [3.63, 3.8) is 0 Å². The minimum absolute atomic E-state index is 0.171. The molecular weight excluding hydrogens is 351 g/mol. The number of halogens is 1. The number of anilines is 2. The van der Waals surface area contributed by atoms with Crippen molar-refractivity contribution in [1.29, 1.82) is 0 Å². The molecule has 1 aliphatic rings. The van der Waals surface area contributed by atoms with Crippen LogP contribution < -0.4 is 20.1 Å². The number of carbonyl (C=O) groups is 1. The summed E-state index contributed by atoms with van der Waals surface area (Å²) in [6.07, 6.45) is 0. The molecule has 2 N–H and O–H groups in total. The third kappa shape index (κ3) is 3.95. The van der Waals surface area contributed by atoms with E-state index in [1.54, 1.807) is 42.5 Å². The summed E-state index contributed by atoms with van der Waals surface area (Å²) >= 11 is 0. The monoisotopic (exact) mass is 366 g/mol. The number of ether oxygens (including phenoxy) is 2. The summed E-state index contributed by atoms with van der Waals surface area (Å²) in [7, 11) is 0. The van der Waals surface area contributed by atoms with Gasteiger partial charge in [-0.1, -0.05) is 12.1 Å². The SMILES string of the molecule is O=C(Nc1ccc2c(c1)OCO2)c1ccc(NCc2ccc(F)cc2)nn1. The summed E-state index contributed by atoms with van der Waals surface area (Å²) in [4.78, 5) is 12.3. The Kier molecular flexibility index (Phi) is 4.52. The fraction of sp³-hybridized carbons (Fsp3) is 0.105. The van der Waals surface area contributed by atoms with Crippen molar-refractivity contribution in [3.8, 4) is 11.5 Å². The topological polar surface area (TPSA) is 85.4 Å². The maximum atomic E-state index is 12.9. The van der Waals surface area contributed by atoms with E-state index in [-0.39, 0.29) is 24.2 Å². The summed E-state index contributed by atoms with van der Waals surface area (Å²) in [5, 5.41) is 13.7. The highest BCUT2D eigenvalue weighted by Gasteiger charge is 2.15. The zero-order valence-electron chi connectivity index (χ0n) is 14.1. The van der Waals surface area contributed by atoms with Crippen molar-refractivity contribution < 1.29 is 18.7 Å². The number of nitrogens with zero attached hydrogens (tertiary/aromatic N) is 2. The summed E-state index contributed by atoms with van der Waals surface area (Å²) in [6, 6.07) is 14.5. The van der Waals surface area contributed by atoms with E-state index in [0.717, 1.165) is 5.56 Å². The summed E-state index contributed by atoms with van der Waals surface area (Å²) < 4.78 is 23.4. The highest BCUT2D eigenvalue weighted by Crippen LogP contribution is 2.34. The number of carbonyl (C=O) groups excluding carboxylic acids is 1. The van der Waals surface area contributed by atoms with Gasteiger partial charge in [0.1, 0.15) is 11.6 Å². The van der Waals surface area contributed by atoms with E-state index in [2.05, 4.69) is 20.8 Å². The normalized spacial score (nSPS) is 11.9. The lowest BCUT2D eigenvalue weighted by molar-refractivity contribution is 0.102. The van der Waals surface area contributed by atoms with E-state index < -0.39 is 0 Å². The molecule has 3 aromatic rings. The minimum atomic E-state index is -0.383. The summed E-state index contributed by atoms with van der Waals surface area (Å²) in [5.41, 5.74) is 1.66. The molecule has 0 bridgehead atoms. The molecule has 0 unspecified atom stereocenters. The van der Waals surface area contributed by atoms with Crippen LogP contribution in [0.2, 0.25) is 0 Å². The fourth-order valence-electron chi connectivity index (χ4n) is 2.51. The van der Waals surface area contributed by atoms with Gasteiger partial charge in [0, 0.05) is 18.3 Å². The molecule has 0 saturated heterocycles. The Morgan fingerprint density at radius 2 is 1.81 bits per heavy atom. The number of amides is 1. The Bertz CT molecular complexity index is 962. The second-order valence-corrected chi connectivity index (χ2v) is 5.81. The first-order chi connectivity index (χ1) is 13.2. The van der Waals surface area contributed by atoms with Gasteiger partial charge in [-0.25, -0.2) is 4.39 Å². The van der Waals surface area contributed by atoms with Gasteiger partial charge in [0.05, 0.1) is 0 Å². The van der Waals surface area contributed by atoms with Crippen molar-refractivity contribution in [3.05, 3.63) is 71.7 Å². The van der Waals surface area contributed by atoms with Gasteiger partial charge in [0.25, 0.3) is 5.91 Å². The van der Waals surface area contributed by atoms with Gasteiger partial charge in [-0.05, 0) is 42.0 Å². The first-order valence-electron chi connectivity index (χ1n) is 8.20. The Labute approximate surface area is 154 Å². The zero-order valence-corrected chi connectivity index (χ0v) is 14.1. The largest absolute Gasteiger partial charge is 0.454 e. The van der Waals surface area contributed by atoms with Crippen LogP contribution in [-0.2, 0) is 6.54 Å². The second-order valence-electron chi connectivity index (χ2n) is 5.81. The Balaban J connectivity index is 1.36. The molecule has 0 spiro atoms. The molecule has 0 fully saturated rings. The van der Waals surface area contributed by atoms with Gasteiger partial charge in [-0.3, -0.25) is 4.79 Å². The second kappa shape index (κ2) is 7.28. The molecule has 2 heterocycles. The molecule has 4 rings (SSSR count). The molecule has 1 amide bonds. The van der Waals surface area contributed by atoms with E-state index in [9.17, 15) is 9.18 Å². The molecule has 27 heavy (non-hydrogen) atoms. The number of aromatic nitrogens is 2. The zero-order chi connectivity index (χ0) is 18.6. The third-order valence-corrected chi connectivity index (χ3v) is 3.91. The number of hydrogen-bond acceptors (Lipinski definition) is 6. The van der Waals surface area contributed by atoms with Gasteiger partial charge in [-0.2, -0.15) is 0 Å². The van der Waals surface area contributed by atoms with Gasteiger partial charge in [0.15, 0.2) is 17.2 Å². The Morgan fingerprint density at radius 1 is 1.00 bits per heavy atom. The van der Waals surface area contributed by atoms with E-state index in [1.807, 2.05) is 0 Å². The lowest BCUT2D eigenvalue weighted by Gasteiger charge is -2.07. The van der Waals surface area contributed by atoms with Crippen LogP contribution in [0.15, 0.2) is 54.6 Å². The van der Waals surface area contributed by atoms with Crippen LogP contribution in [0.25, 0.3) is 0 Å². The van der Waals surface area contributed by atoms with Crippen LogP contribution in [0.1, 0.15) is 16.1 Å². The van der Waals surface area contributed by atoms with E-state index in [0.29, 0.717) is 29.5 Å². The molecule has 8 heteroatoms. The van der Waals surface area contributed by atoms with E-state index in [1.165, 1.54) is 12.1 Å². The molecule has 1 aromatic heterocycles. The van der Waals surface area contributed by atoms with Crippen LogP contribution in [0.3, 0.4) is 0 Å². The molecule has 0 radical (unpaired) electrons. The van der Waals surface area contributed by atoms with Crippen LogP contribution >= 0.6 is 0 Å². The van der Waals surface area contributed by atoms with E-state index >= 15 is 0 Å². The summed E-state index contributed by atoms with van der Waals surface area (Å²) in [5.74, 6) is 1.07. The number of benzene rings is 2. The Morgan fingerprint density at radius 3 is 2.59 bits per heavy atom. The predicted molar refractivity (Wildman–Crippen MR) is 96.3 cm³/mol. The molecule has 0 atom stereocenters. The van der Waals surface area contributed by atoms with Gasteiger partial charge >= 0.3 is 0 Å². The molecule has 7 nitrogen and oxygen atoms in total. The molecule has 0 aliphatic carbocycles. The first-order valence-corrected chi connectivity index (χ1v) is 8.20. The highest BCUT2D eigenvalue weighted by molar-refractivity contribution is 6.03.